The van der Waals surface area contributed by atoms with Crippen molar-refractivity contribution >= 4 is 44.1 Å². The average molecular weight is 328 g/mol. The van der Waals surface area contributed by atoms with Crippen molar-refractivity contribution in [2.24, 2.45) is 5.73 Å². The number of hydrogen-bond donors (Lipinski definition) is 1. The Bertz CT molecular complexity index is 573. The van der Waals surface area contributed by atoms with Crippen LogP contribution in [0.1, 0.15) is 0 Å². The number of methoxy groups -OCH3 is 1. The zero-order valence-electron chi connectivity index (χ0n) is 9.46. The van der Waals surface area contributed by atoms with Crippen molar-refractivity contribution in [3.8, 4) is 5.75 Å². The van der Waals surface area contributed by atoms with Crippen LogP contribution in [0, 0.1) is 0 Å². The van der Waals surface area contributed by atoms with E-state index in [1.54, 1.807) is 24.4 Å². The minimum Gasteiger partial charge on any atom is -0.495 e. The number of anilines is 2. The average Bonchev–Trinajstić information content (AvgIpc) is 2.76. The Morgan fingerprint density at radius 3 is 2.78 bits per heavy atom. The van der Waals surface area contributed by atoms with E-state index in [0.29, 0.717) is 16.6 Å². The third kappa shape index (κ3) is 2.46. The molecule has 94 valence electrons. The van der Waals surface area contributed by atoms with Gasteiger partial charge < -0.3 is 10.5 Å². The van der Waals surface area contributed by atoms with E-state index in [9.17, 15) is 4.79 Å². The van der Waals surface area contributed by atoms with E-state index in [4.69, 9.17) is 10.5 Å². The van der Waals surface area contributed by atoms with Gasteiger partial charge in [-0.15, -0.1) is 0 Å². The SMILES string of the molecule is COc1ccccc1N(C(N)=O)c1ncc(Br)s1. The number of rotatable bonds is 3. The number of para-hydroxylation sites is 2. The fourth-order valence-corrected chi connectivity index (χ4v) is 2.68. The number of hydrogen-bond acceptors (Lipinski definition) is 4. The summed E-state index contributed by atoms with van der Waals surface area (Å²) in [7, 11) is 1.54. The van der Waals surface area contributed by atoms with Gasteiger partial charge in [0.25, 0.3) is 0 Å². The third-order valence-corrected chi connectivity index (χ3v) is 3.66. The highest BCUT2D eigenvalue weighted by molar-refractivity contribution is 9.11. The molecule has 0 aliphatic heterocycles. The predicted molar refractivity (Wildman–Crippen MR) is 74.5 cm³/mol. The molecule has 1 heterocycles. The van der Waals surface area contributed by atoms with Gasteiger partial charge in [-0.3, -0.25) is 0 Å². The summed E-state index contributed by atoms with van der Waals surface area (Å²) >= 11 is 4.62. The number of benzene rings is 1. The molecule has 0 fully saturated rings. The van der Waals surface area contributed by atoms with Gasteiger partial charge in [0.05, 0.1) is 22.8 Å². The molecule has 0 saturated heterocycles. The topological polar surface area (TPSA) is 68.5 Å². The highest BCUT2D eigenvalue weighted by Crippen LogP contribution is 2.36. The molecule has 2 aromatic rings. The number of aromatic nitrogens is 1. The van der Waals surface area contributed by atoms with Crippen LogP contribution in [0.2, 0.25) is 0 Å². The minimum atomic E-state index is -0.610. The van der Waals surface area contributed by atoms with Crippen molar-refractivity contribution < 1.29 is 9.53 Å². The van der Waals surface area contributed by atoms with Crippen molar-refractivity contribution in [3.63, 3.8) is 0 Å². The highest BCUT2D eigenvalue weighted by Gasteiger charge is 2.21. The Morgan fingerprint density at radius 2 is 2.22 bits per heavy atom. The number of urea groups is 1. The van der Waals surface area contributed by atoms with Gasteiger partial charge in [-0.05, 0) is 28.1 Å². The molecule has 0 unspecified atom stereocenters. The quantitative estimate of drug-likeness (QED) is 0.941. The van der Waals surface area contributed by atoms with Crippen molar-refractivity contribution in [1.82, 2.24) is 4.98 Å². The van der Waals surface area contributed by atoms with Crippen molar-refractivity contribution in [3.05, 3.63) is 34.2 Å². The zero-order valence-corrected chi connectivity index (χ0v) is 11.9. The van der Waals surface area contributed by atoms with Crippen LogP contribution in [-0.2, 0) is 0 Å². The lowest BCUT2D eigenvalue weighted by atomic mass is 10.3. The van der Waals surface area contributed by atoms with E-state index in [2.05, 4.69) is 20.9 Å². The fraction of sp³-hybridized carbons (Fsp3) is 0.0909. The zero-order chi connectivity index (χ0) is 13.1. The lowest BCUT2D eigenvalue weighted by molar-refractivity contribution is 0.256. The summed E-state index contributed by atoms with van der Waals surface area (Å²) in [6, 6.07) is 6.52. The van der Waals surface area contributed by atoms with E-state index in [1.165, 1.54) is 23.3 Å². The van der Waals surface area contributed by atoms with Crippen LogP contribution in [0.25, 0.3) is 0 Å². The number of carbonyl (C=O) groups is 1. The number of carbonyl (C=O) groups excluding carboxylic acids is 1. The first kappa shape index (κ1) is 12.8. The molecule has 2 N–H and O–H groups in total. The summed E-state index contributed by atoms with van der Waals surface area (Å²) in [6.07, 6.45) is 1.62. The molecule has 0 aliphatic carbocycles. The first-order valence-corrected chi connectivity index (χ1v) is 6.58. The second-order valence-electron chi connectivity index (χ2n) is 3.29. The number of nitrogens with zero attached hydrogens (tertiary/aromatic N) is 2. The van der Waals surface area contributed by atoms with Crippen LogP contribution in [0.5, 0.6) is 5.75 Å². The van der Waals surface area contributed by atoms with Crippen LogP contribution < -0.4 is 15.4 Å². The van der Waals surface area contributed by atoms with Gasteiger partial charge in [-0.25, -0.2) is 14.7 Å². The smallest absolute Gasteiger partial charge is 0.325 e. The first-order chi connectivity index (χ1) is 8.63. The number of halogens is 1. The summed E-state index contributed by atoms with van der Waals surface area (Å²) in [5.74, 6) is 0.558. The molecule has 0 atom stereocenters. The molecule has 18 heavy (non-hydrogen) atoms. The van der Waals surface area contributed by atoms with Gasteiger partial charge in [-0.2, -0.15) is 0 Å². The Kier molecular flexibility index (Phi) is 3.83. The standard InChI is InChI=1S/C11H10BrN3O2S/c1-17-8-5-3-2-4-7(8)15(10(13)16)11-14-6-9(12)18-11/h2-6H,1H3,(H2,13,16). The molecule has 0 bridgehead atoms. The monoisotopic (exact) mass is 327 g/mol. The van der Waals surface area contributed by atoms with Gasteiger partial charge in [0.15, 0.2) is 5.13 Å². The molecular formula is C11H10BrN3O2S. The molecule has 5 nitrogen and oxygen atoms in total. The summed E-state index contributed by atoms with van der Waals surface area (Å²) in [5.41, 5.74) is 5.98. The summed E-state index contributed by atoms with van der Waals surface area (Å²) in [6.45, 7) is 0. The van der Waals surface area contributed by atoms with Crippen molar-refractivity contribution in [2.75, 3.05) is 12.0 Å². The second-order valence-corrected chi connectivity index (χ2v) is 5.68. The third-order valence-electron chi connectivity index (χ3n) is 2.20. The van der Waals surface area contributed by atoms with Crippen molar-refractivity contribution in [2.45, 2.75) is 0 Å². The van der Waals surface area contributed by atoms with E-state index < -0.39 is 6.03 Å². The number of amides is 2. The number of thiazole rings is 1. The lowest BCUT2D eigenvalue weighted by Gasteiger charge is -2.19. The molecule has 1 aromatic heterocycles. The van der Waals surface area contributed by atoms with E-state index in [0.717, 1.165) is 3.79 Å². The van der Waals surface area contributed by atoms with E-state index in [-0.39, 0.29) is 0 Å². The van der Waals surface area contributed by atoms with E-state index >= 15 is 0 Å². The molecule has 2 amide bonds. The summed E-state index contributed by atoms with van der Waals surface area (Å²) in [5, 5.41) is 0.485. The molecule has 2 rings (SSSR count). The minimum absolute atomic E-state index is 0.485. The Morgan fingerprint density at radius 1 is 1.50 bits per heavy atom. The Balaban J connectivity index is 2.51. The van der Waals surface area contributed by atoms with Crippen molar-refractivity contribution in [1.29, 1.82) is 0 Å². The molecule has 0 radical (unpaired) electrons. The number of nitrogens with two attached hydrogens (primary N) is 1. The van der Waals surface area contributed by atoms with Crippen LogP contribution in [-0.4, -0.2) is 18.1 Å². The van der Waals surface area contributed by atoms with E-state index in [1.807, 2.05) is 6.07 Å². The fourth-order valence-electron chi connectivity index (χ4n) is 1.48. The summed E-state index contributed by atoms with van der Waals surface area (Å²) in [4.78, 5) is 17.1. The van der Waals surface area contributed by atoms with Gasteiger partial charge >= 0.3 is 6.03 Å². The Hall–Kier alpha value is -1.60. The molecular weight excluding hydrogens is 318 g/mol. The van der Waals surface area contributed by atoms with Crippen LogP contribution >= 0.6 is 27.3 Å². The van der Waals surface area contributed by atoms with Crippen LogP contribution in [0.15, 0.2) is 34.2 Å². The van der Waals surface area contributed by atoms with Gasteiger partial charge in [0.1, 0.15) is 5.75 Å². The molecule has 0 saturated carbocycles. The molecule has 7 heteroatoms. The van der Waals surface area contributed by atoms with Crippen LogP contribution in [0.3, 0.4) is 0 Å². The van der Waals surface area contributed by atoms with Gasteiger partial charge in [0.2, 0.25) is 0 Å². The number of primary amides is 1. The first-order valence-electron chi connectivity index (χ1n) is 4.97. The predicted octanol–water partition coefficient (Wildman–Crippen LogP) is 3.13. The lowest BCUT2D eigenvalue weighted by Crippen LogP contribution is -2.31. The Labute approximate surface area is 116 Å². The largest absolute Gasteiger partial charge is 0.495 e. The highest BCUT2D eigenvalue weighted by atomic mass is 79.9. The van der Waals surface area contributed by atoms with Gasteiger partial charge in [0, 0.05) is 0 Å². The van der Waals surface area contributed by atoms with Gasteiger partial charge in [-0.1, -0.05) is 23.5 Å². The number of ether oxygens (including phenoxy) is 1. The molecule has 0 aliphatic rings. The summed E-state index contributed by atoms with van der Waals surface area (Å²) < 4.78 is 6.04. The maximum absolute atomic E-state index is 11.6. The maximum Gasteiger partial charge on any atom is 0.325 e. The molecule has 1 aromatic carbocycles. The second kappa shape index (κ2) is 5.36. The maximum atomic E-state index is 11.6. The van der Waals surface area contributed by atoms with Crippen LogP contribution in [0.4, 0.5) is 15.6 Å². The molecule has 0 spiro atoms. The normalized spacial score (nSPS) is 10.1.